The van der Waals surface area contributed by atoms with Crippen LogP contribution in [0.15, 0.2) is 36.4 Å². The third-order valence-electron chi connectivity index (χ3n) is 8.31. The minimum atomic E-state index is -1.28. The molecule has 0 heterocycles. The molecule has 0 amide bonds. The van der Waals surface area contributed by atoms with Crippen molar-refractivity contribution in [1.82, 2.24) is 0 Å². The van der Waals surface area contributed by atoms with Gasteiger partial charge < -0.3 is 0 Å². The van der Waals surface area contributed by atoms with E-state index in [2.05, 4.69) is 126 Å². The largest absolute Gasteiger partial charge is 0.102 e. The maximum Gasteiger partial charge on any atom is 0.102 e. The standard InChI is InChI=1S/C29H49P3/c1-20(2)31(12,21(3)4)28-16-14-24(9)18-26(28)30(11)27-19-25(10)15-17-29(27)32(13,22(5)6)23(7)8/h14-23H,1-13H3/q+2. The maximum absolute atomic E-state index is 2.61. The number of hydrogen-bond acceptors (Lipinski definition) is 0. The van der Waals surface area contributed by atoms with E-state index in [4.69, 9.17) is 0 Å². The molecule has 0 nitrogen and oxygen atoms in total. The molecule has 0 bridgehead atoms. The van der Waals surface area contributed by atoms with Crippen LogP contribution in [0.3, 0.4) is 0 Å². The van der Waals surface area contributed by atoms with E-state index in [9.17, 15) is 0 Å². The summed E-state index contributed by atoms with van der Waals surface area (Å²) >= 11 is 0. The Kier molecular flexibility index (Phi) is 9.23. The highest BCUT2D eigenvalue weighted by Crippen LogP contribution is 2.64. The van der Waals surface area contributed by atoms with E-state index in [0.29, 0.717) is 22.6 Å². The van der Waals surface area contributed by atoms with Gasteiger partial charge in [-0.3, -0.25) is 0 Å². The Morgan fingerprint density at radius 3 is 1.09 bits per heavy atom. The summed E-state index contributed by atoms with van der Waals surface area (Å²) in [5, 5.41) is 6.65. The fraction of sp³-hybridized carbons (Fsp3) is 0.586. The second kappa shape index (κ2) is 10.6. The molecule has 0 aromatic heterocycles. The van der Waals surface area contributed by atoms with Crippen LogP contribution in [0.5, 0.6) is 0 Å². The molecule has 2 aromatic rings. The van der Waals surface area contributed by atoms with E-state index in [-0.39, 0.29) is 0 Å². The molecule has 0 spiro atoms. The molecule has 0 saturated heterocycles. The van der Waals surface area contributed by atoms with Crippen LogP contribution in [0.4, 0.5) is 0 Å². The molecule has 3 heteroatoms. The molecule has 0 unspecified atom stereocenters. The second-order valence-corrected chi connectivity index (χ2v) is 23.0. The lowest BCUT2D eigenvalue weighted by atomic mass is 10.2. The zero-order valence-electron chi connectivity index (χ0n) is 23.1. The number of hydrogen-bond donors (Lipinski definition) is 0. The molecule has 0 N–H and O–H groups in total. The zero-order valence-corrected chi connectivity index (χ0v) is 25.8. The molecule has 0 aliphatic heterocycles. The molecule has 32 heavy (non-hydrogen) atoms. The van der Waals surface area contributed by atoms with Crippen LogP contribution in [0.1, 0.15) is 66.5 Å². The van der Waals surface area contributed by atoms with Gasteiger partial charge in [-0.05, 0) is 108 Å². The summed E-state index contributed by atoms with van der Waals surface area (Å²) in [6.45, 7) is 31.9. The molecule has 0 radical (unpaired) electrons. The van der Waals surface area contributed by atoms with Gasteiger partial charge in [-0.1, -0.05) is 23.3 Å². The minimum absolute atomic E-state index is 0.417. The van der Waals surface area contributed by atoms with E-state index in [0.717, 1.165) is 0 Å². The molecule has 0 atom stereocenters. The van der Waals surface area contributed by atoms with Crippen molar-refractivity contribution >= 4 is 43.7 Å². The van der Waals surface area contributed by atoms with E-state index in [1.807, 2.05) is 0 Å². The average molecular weight is 491 g/mol. The van der Waals surface area contributed by atoms with Crippen LogP contribution in [0.25, 0.3) is 0 Å². The van der Waals surface area contributed by atoms with E-state index in [1.54, 1.807) is 21.2 Å². The Bertz CT molecular complexity index is 832. The molecule has 178 valence electrons. The monoisotopic (exact) mass is 490 g/mol. The lowest BCUT2D eigenvalue weighted by molar-refractivity contribution is 0.999. The number of rotatable bonds is 8. The predicted octanol–water partition coefficient (Wildman–Crippen LogP) is 7.54. The van der Waals surface area contributed by atoms with Gasteiger partial charge in [0.25, 0.3) is 0 Å². The predicted molar refractivity (Wildman–Crippen MR) is 160 cm³/mol. The van der Waals surface area contributed by atoms with Crippen molar-refractivity contribution in [3.8, 4) is 0 Å². The van der Waals surface area contributed by atoms with Crippen molar-refractivity contribution in [3.05, 3.63) is 47.5 Å². The highest BCUT2D eigenvalue weighted by Gasteiger charge is 2.46. The van der Waals surface area contributed by atoms with Crippen molar-refractivity contribution in [3.63, 3.8) is 0 Å². The molecule has 0 fully saturated rings. The first-order chi connectivity index (χ1) is 14.7. The zero-order chi connectivity index (χ0) is 24.6. The van der Waals surface area contributed by atoms with Gasteiger partial charge in [0.15, 0.2) is 0 Å². The maximum atomic E-state index is 2.61. The molecular weight excluding hydrogens is 441 g/mol. The Balaban J connectivity index is 2.85. The van der Waals surface area contributed by atoms with Gasteiger partial charge in [0.2, 0.25) is 0 Å². The van der Waals surface area contributed by atoms with Crippen LogP contribution >= 0.6 is 22.4 Å². The van der Waals surface area contributed by atoms with Crippen LogP contribution in [-0.2, 0) is 0 Å². The van der Waals surface area contributed by atoms with Gasteiger partial charge in [-0.15, -0.1) is 0 Å². The summed E-state index contributed by atoms with van der Waals surface area (Å²) in [6.07, 6.45) is 0. The SMILES string of the molecule is Cc1ccc([P+](C)(C(C)C)C(C)C)c(P(C)c2cc(C)ccc2[P+](C)(C(C)C)C(C)C)c1. The van der Waals surface area contributed by atoms with Crippen LogP contribution in [-0.4, -0.2) is 42.6 Å². The van der Waals surface area contributed by atoms with Gasteiger partial charge in [0, 0.05) is 25.1 Å². The van der Waals surface area contributed by atoms with E-state index >= 15 is 0 Å². The third-order valence-corrected chi connectivity index (χ3v) is 22.3. The van der Waals surface area contributed by atoms with Gasteiger partial charge in [0.1, 0.15) is 10.6 Å². The Labute approximate surface area is 202 Å². The first kappa shape index (κ1) is 28.0. The summed E-state index contributed by atoms with van der Waals surface area (Å²) < 4.78 is 0. The highest BCUT2D eigenvalue weighted by atomic mass is 31.2. The molecule has 0 saturated carbocycles. The van der Waals surface area contributed by atoms with Crippen LogP contribution in [0.2, 0.25) is 0 Å². The van der Waals surface area contributed by atoms with Gasteiger partial charge in [-0.2, -0.15) is 0 Å². The lowest BCUT2D eigenvalue weighted by Crippen LogP contribution is -2.39. The average Bonchev–Trinajstić information content (AvgIpc) is 2.71. The van der Waals surface area contributed by atoms with Crippen molar-refractivity contribution < 1.29 is 0 Å². The van der Waals surface area contributed by atoms with Crippen molar-refractivity contribution in [2.24, 2.45) is 0 Å². The van der Waals surface area contributed by atoms with E-state index < -0.39 is 22.4 Å². The first-order valence-corrected chi connectivity index (χ1v) is 18.9. The second-order valence-electron chi connectivity index (χ2n) is 11.2. The highest BCUT2D eigenvalue weighted by molar-refractivity contribution is 7.88. The normalized spacial score (nSPS) is 13.3. The summed E-state index contributed by atoms with van der Waals surface area (Å²) in [4.78, 5) is 0. The first-order valence-electron chi connectivity index (χ1n) is 12.4. The lowest BCUT2D eigenvalue weighted by Gasteiger charge is -2.36. The third kappa shape index (κ3) is 5.05. The Hall–Kier alpha value is -0.270. The summed E-state index contributed by atoms with van der Waals surface area (Å²) in [7, 11) is -2.97. The topological polar surface area (TPSA) is 0 Å². The summed E-state index contributed by atoms with van der Waals surface area (Å²) in [6, 6.07) is 14.8. The number of benzene rings is 2. The molecular formula is C29H49P3+2. The Morgan fingerprint density at radius 1 is 0.562 bits per heavy atom. The van der Waals surface area contributed by atoms with E-state index in [1.165, 1.54) is 11.1 Å². The van der Waals surface area contributed by atoms with Crippen molar-refractivity contribution in [2.45, 2.75) is 91.9 Å². The van der Waals surface area contributed by atoms with Crippen molar-refractivity contribution in [1.29, 1.82) is 0 Å². The minimum Gasteiger partial charge on any atom is -0.0554 e. The fourth-order valence-electron chi connectivity index (χ4n) is 5.05. The molecule has 0 aliphatic rings. The molecule has 2 aromatic carbocycles. The fourth-order valence-corrected chi connectivity index (χ4v) is 15.7. The number of aryl methyl sites for hydroxylation is 2. The van der Waals surface area contributed by atoms with Gasteiger partial charge in [0.05, 0.1) is 36.0 Å². The molecule has 0 aliphatic carbocycles. The Morgan fingerprint density at radius 2 is 0.844 bits per heavy atom. The van der Waals surface area contributed by atoms with Gasteiger partial charge in [-0.25, -0.2) is 0 Å². The van der Waals surface area contributed by atoms with Crippen LogP contribution < -0.4 is 21.2 Å². The molecule has 2 rings (SSSR count). The summed E-state index contributed by atoms with van der Waals surface area (Å²) in [5.74, 6) is 0. The van der Waals surface area contributed by atoms with Gasteiger partial charge >= 0.3 is 0 Å². The van der Waals surface area contributed by atoms with Crippen molar-refractivity contribution in [2.75, 3.05) is 20.0 Å². The smallest absolute Gasteiger partial charge is 0.0554 e. The summed E-state index contributed by atoms with van der Waals surface area (Å²) in [5.41, 5.74) is 5.61. The van der Waals surface area contributed by atoms with Crippen LogP contribution in [0, 0.1) is 13.8 Å². The quantitative estimate of drug-likeness (QED) is 0.335.